The molecule has 5 rings (SSSR count). The second-order valence-electron chi connectivity index (χ2n) is 12.6. The molecule has 1 heterocycles. The van der Waals surface area contributed by atoms with Gasteiger partial charge >= 0.3 is 0 Å². The molecule has 2 nitrogen and oxygen atoms in total. The summed E-state index contributed by atoms with van der Waals surface area (Å²) in [6.45, 7) is 11.6. The van der Waals surface area contributed by atoms with Crippen molar-refractivity contribution in [3.8, 4) is 16.9 Å². The molecule has 4 aromatic rings. The Hall–Kier alpha value is -3.09. The summed E-state index contributed by atoms with van der Waals surface area (Å²) in [6.07, 6.45) is 5.50. The monoisotopic (exact) mass is 578 g/mol. The predicted octanol–water partition coefficient (Wildman–Crippen LogP) is 11.2. The second kappa shape index (κ2) is 12.6. The molecule has 5 atom stereocenters. The summed E-state index contributed by atoms with van der Waals surface area (Å²) in [4.78, 5) is 0. The zero-order chi connectivity index (χ0) is 29.8. The van der Waals surface area contributed by atoms with E-state index in [2.05, 4.69) is 120 Å². The molecule has 3 heteroatoms. The van der Waals surface area contributed by atoms with Crippen LogP contribution < -0.4 is 9.83 Å². The zero-order valence-electron chi connectivity index (χ0n) is 26.1. The van der Waals surface area contributed by atoms with Gasteiger partial charge in [-0.3, -0.25) is 4.57 Å². The Balaban J connectivity index is 1.66. The molecule has 0 saturated heterocycles. The molecule has 0 saturated carbocycles. The lowest BCUT2D eigenvalue weighted by atomic mass is 9.64. The molecule has 0 N–H and O–H groups in total. The van der Waals surface area contributed by atoms with Crippen molar-refractivity contribution in [1.82, 2.24) is 0 Å². The van der Waals surface area contributed by atoms with Crippen LogP contribution in [0.4, 0.5) is 0 Å². The first-order valence-electron chi connectivity index (χ1n) is 15.9. The van der Waals surface area contributed by atoms with Crippen molar-refractivity contribution in [2.45, 2.75) is 89.6 Å². The molecule has 4 aromatic carbocycles. The topological polar surface area (TPSA) is 26.3 Å². The van der Waals surface area contributed by atoms with E-state index in [1.807, 2.05) is 24.3 Å². The van der Waals surface area contributed by atoms with Gasteiger partial charge < -0.3 is 4.52 Å². The molecular formula is C39H47O2P. The van der Waals surface area contributed by atoms with E-state index < -0.39 is 12.5 Å². The van der Waals surface area contributed by atoms with Gasteiger partial charge in [0.15, 0.2) is 0 Å². The third-order valence-corrected chi connectivity index (χ3v) is 13.8. The largest absolute Gasteiger partial charge is 0.439 e. The van der Waals surface area contributed by atoms with Crippen LogP contribution in [0.5, 0.6) is 5.75 Å². The Labute approximate surface area is 254 Å². The van der Waals surface area contributed by atoms with Crippen LogP contribution in [0, 0.1) is 5.92 Å². The Morgan fingerprint density at radius 1 is 0.738 bits per heavy atom. The van der Waals surface area contributed by atoms with Crippen molar-refractivity contribution in [3.05, 3.63) is 120 Å². The highest BCUT2D eigenvalue weighted by atomic mass is 31.2. The molecule has 0 spiro atoms. The lowest BCUT2D eigenvalue weighted by Crippen LogP contribution is -2.40. The molecule has 0 fully saturated rings. The van der Waals surface area contributed by atoms with E-state index >= 15 is 4.57 Å². The van der Waals surface area contributed by atoms with Crippen LogP contribution in [-0.2, 0) is 9.98 Å². The smallest absolute Gasteiger partial charge is 0.283 e. The van der Waals surface area contributed by atoms with Crippen LogP contribution in [0.1, 0.15) is 90.2 Å². The van der Waals surface area contributed by atoms with Crippen LogP contribution in [0.15, 0.2) is 109 Å². The molecule has 5 unspecified atom stereocenters. The molecule has 0 amide bonds. The Bertz CT molecular complexity index is 1510. The van der Waals surface area contributed by atoms with Gasteiger partial charge in [0.25, 0.3) is 7.37 Å². The molecule has 0 radical (unpaired) electrons. The van der Waals surface area contributed by atoms with Crippen molar-refractivity contribution < 1.29 is 9.09 Å². The number of benzene rings is 4. The van der Waals surface area contributed by atoms with Gasteiger partial charge in [0.1, 0.15) is 5.75 Å². The van der Waals surface area contributed by atoms with Crippen molar-refractivity contribution in [3.63, 3.8) is 0 Å². The first kappa shape index (κ1) is 30.4. The normalized spacial score (nSPS) is 20.2. The van der Waals surface area contributed by atoms with Crippen LogP contribution >= 0.6 is 7.37 Å². The van der Waals surface area contributed by atoms with Gasteiger partial charge in [-0.1, -0.05) is 145 Å². The van der Waals surface area contributed by atoms with Crippen molar-refractivity contribution in [2.75, 3.05) is 0 Å². The van der Waals surface area contributed by atoms with E-state index in [0.717, 1.165) is 60.7 Å². The number of para-hydroxylation sites is 1. The molecule has 220 valence electrons. The van der Waals surface area contributed by atoms with Gasteiger partial charge in [0, 0.05) is 5.56 Å². The zero-order valence-corrected chi connectivity index (χ0v) is 26.9. The lowest BCUT2D eigenvalue weighted by Gasteiger charge is -2.46. The van der Waals surface area contributed by atoms with Crippen LogP contribution in [-0.4, -0.2) is 5.16 Å². The third kappa shape index (κ3) is 5.40. The minimum Gasteiger partial charge on any atom is -0.439 e. The summed E-state index contributed by atoms with van der Waals surface area (Å²) in [5, 5.41) is 0.387. The average molecular weight is 579 g/mol. The van der Waals surface area contributed by atoms with E-state index in [4.69, 9.17) is 4.52 Å². The van der Waals surface area contributed by atoms with E-state index in [0.29, 0.717) is 5.92 Å². The highest BCUT2D eigenvalue weighted by Gasteiger charge is 2.54. The molecule has 0 bridgehead atoms. The summed E-state index contributed by atoms with van der Waals surface area (Å²) >= 11 is 0. The van der Waals surface area contributed by atoms with Gasteiger partial charge in [-0.2, -0.15) is 0 Å². The minimum atomic E-state index is -3.34. The average Bonchev–Trinajstić information content (AvgIpc) is 3.04. The highest BCUT2D eigenvalue weighted by Crippen LogP contribution is 2.68. The van der Waals surface area contributed by atoms with E-state index in [-0.39, 0.29) is 11.3 Å². The van der Waals surface area contributed by atoms with Crippen LogP contribution in [0.3, 0.4) is 0 Å². The predicted molar refractivity (Wildman–Crippen MR) is 179 cm³/mol. The molecule has 1 aliphatic rings. The first-order chi connectivity index (χ1) is 20.3. The standard InChI is InChI=1S/C39H47O2P/c1-6-27-39(8-3,42(40)37-26-18-16-24-35(37)34-23-15-17-25-36(34)41-42)29-32(31-19-11-9-12-20-31)28-38(5,30(4)7-2)33-21-13-10-14-22-33/h9-26,30,32H,6-8,27-29H2,1-5H3. The number of hydrogen-bond donors (Lipinski definition) is 0. The maximum Gasteiger partial charge on any atom is 0.283 e. The highest BCUT2D eigenvalue weighted by molar-refractivity contribution is 7.69. The summed E-state index contributed by atoms with van der Waals surface area (Å²) in [5.74, 6) is 1.46. The maximum absolute atomic E-state index is 15.8. The van der Waals surface area contributed by atoms with Crippen molar-refractivity contribution in [1.29, 1.82) is 0 Å². The SMILES string of the molecule is CCCC(CC)(CC(CC(C)(c1ccccc1)C(C)CC)c1ccccc1)P1(=O)Oc2ccccc2-c2ccccc21. The minimum absolute atomic E-state index is 0.0331. The number of rotatable bonds is 12. The fourth-order valence-corrected chi connectivity index (χ4v) is 10.9. The fourth-order valence-electron chi connectivity index (χ4n) is 7.51. The Kier molecular flexibility index (Phi) is 9.14. The van der Waals surface area contributed by atoms with Crippen molar-refractivity contribution >= 4 is 12.7 Å². The molecule has 42 heavy (non-hydrogen) atoms. The summed E-state index contributed by atoms with van der Waals surface area (Å²) in [7, 11) is -3.34. The summed E-state index contributed by atoms with van der Waals surface area (Å²) in [5.41, 5.74) is 4.77. The second-order valence-corrected chi connectivity index (χ2v) is 15.3. The van der Waals surface area contributed by atoms with Gasteiger partial charge in [0.2, 0.25) is 0 Å². The van der Waals surface area contributed by atoms with Crippen molar-refractivity contribution in [2.24, 2.45) is 5.92 Å². The Morgan fingerprint density at radius 3 is 1.98 bits per heavy atom. The van der Waals surface area contributed by atoms with Gasteiger partial charge in [-0.25, -0.2) is 0 Å². The number of fused-ring (bicyclic) bond motifs is 3. The lowest BCUT2D eigenvalue weighted by molar-refractivity contribution is 0.246. The van der Waals surface area contributed by atoms with Gasteiger partial charge in [-0.05, 0) is 71.8 Å². The van der Waals surface area contributed by atoms with E-state index in [1.165, 1.54) is 11.1 Å². The molecule has 0 aromatic heterocycles. The van der Waals surface area contributed by atoms with Crippen LogP contribution in [0.25, 0.3) is 11.1 Å². The molecule has 1 aliphatic heterocycles. The molecule has 0 aliphatic carbocycles. The van der Waals surface area contributed by atoms with Gasteiger partial charge in [-0.15, -0.1) is 0 Å². The quantitative estimate of drug-likeness (QED) is 0.156. The molecular weight excluding hydrogens is 531 g/mol. The van der Waals surface area contributed by atoms with E-state index in [9.17, 15) is 0 Å². The van der Waals surface area contributed by atoms with Crippen LogP contribution in [0.2, 0.25) is 0 Å². The third-order valence-electron chi connectivity index (χ3n) is 10.3. The van der Waals surface area contributed by atoms with Gasteiger partial charge in [0.05, 0.1) is 10.5 Å². The maximum atomic E-state index is 15.8. The number of hydrogen-bond acceptors (Lipinski definition) is 2. The fraction of sp³-hybridized carbons (Fsp3) is 0.385. The first-order valence-corrected chi connectivity index (χ1v) is 17.5. The summed E-state index contributed by atoms with van der Waals surface area (Å²) < 4.78 is 22.7. The van der Waals surface area contributed by atoms with E-state index in [1.54, 1.807) is 0 Å². The Morgan fingerprint density at radius 2 is 1.33 bits per heavy atom. The summed E-state index contributed by atoms with van der Waals surface area (Å²) in [6, 6.07) is 38.4.